The van der Waals surface area contributed by atoms with Gasteiger partial charge in [0, 0.05) is 17.2 Å². The number of thioether (sulfide) groups is 1. The van der Waals surface area contributed by atoms with Crippen LogP contribution in [0.5, 0.6) is 0 Å². The Hall–Kier alpha value is -1.40. The van der Waals surface area contributed by atoms with Crippen LogP contribution in [0.15, 0.2) is 65.2 Å². The first-order valence-corrected chi connectivity index (χ1v) is 8.59. The normalized spacial score (nSPS) is 15.6. The van der Waals surface area contributed by atoms with Gasteiger partial charge >= 0.3 is 0 Å². The van der Waals surface area contributed by atoms with Gasteiger partial charge in [-0.1, -0.05) is 71.4 Å². The molecule has 0 bridgehead atoms. The Morgan fingerprint density at radius 3 is 2.38 bits per heavy atom. The number of hydrogen-bond acceptors (Lipinski definition) is 4. The van der Waals surface area contributed by atoms with E-state index in [0.717, 1.165) is 27.7 Å². The zero-order valence-corrected chi connectivity index (χ0v) is 16.1. The van der Waals surface area contributed by atoms with Crippen molar-refractivity contribution in [1.29, 1.82) is 0 Å². The van der Waals surface area contributed by atoms with Gasteiger partial charge in [-0.25, -0.2) is 0 Å². The molecule has 2 aromatic rings. The fourth-order valence-corrected chi connectivity index (χ4v) is 3.92. The van der Waals surface area contributed by atoms with E-state index in [2.05, 4.69) is 28.1 Å². The van der Waals surface area contributed by atoms with E-state index in [1.807, 2.05) is 47.5 Å². The van der Waals surface area contributed by atoms with Crippen LogP contribution in [-0.4, -0.2) is 10.1 Å². The van der Waals surface area contributed by atoms with Crippen LogP contribution in [0.4, 0.5) is 0 Å². The summed E-state index contributed by atoms with van der Waals surface area (Å²) >= 11 is 14.2. The summed E-state index contributed by atoms with van der Waals surface area (Å²) in [5, 5.41) is 8.56. The highest BCUT2D eigenvalue weighted by Gasteiger charge is 2.27. The van der Waals surface area contributed by atoms with Crippen LogP contribution in [0.3, 0.4) is 0 Å². The molecule has 3 nitrogen and oxygen atoms in total. The standard InChI is InChI=1S/C17H11Cl2N3S.BrH/c18-12-7-4-8-13(19)16(12)14-9-22-15(10-23-17(22)21-20-14)11-5-2-1-3-6-11;/h1-10,20H;1H/p-1. The summed E-state index contributed by atoms with van der Waals surface area (Å²) in [4.78, 5) is 2.05. The molecule has 1 N–H and O–H groups in total. The van der Waals surface area contributed by atoms with E-state index in [0.29, 0.717) is 10.0 Å². The fourth-order valence-electron chi connectivity index (χ4n) is 2.49. The van der Waals surface area contributed by atoms with Gasteiger partial charge in [-0.3, -0.25) is 10.3 Å². The summed E-state index contributed by atoms with van der Waals surface area (Å²) in [6, 6.07) is 15.7. The van der Waals surface area contributed by atoms with Crippen LogP contribution in [0, 0.1) is 0 Å². The molecule has 2 heterocycles. The lowest BCUT2D eigenvalue weighted by atomic mass is 10.1. The van der Waals surface area contributed by atoms with E-state index in [-0.39, 0.29) is 17.0 Å². The molecule has 0 atom stereocenters. The van der Waals surface area contributed by atoms with Crippen molar-refractivity contribution in [3.8, 4) is 0 Å². The number of halogens is 3. The molecule has 0 saturated heterocycles. The fraction of sp³-hybridized carbons (Fsp3) is 0. The number of nitrogens with zero attached hydrogens (tertiary/aromatic N) is 2. The lowest BCUT2D eigenvalue weighted by Gasteiger charge is -2.24. The highest BCUT2D eigenvalue weighted by atomic mass is 79.9. The van der Waals surface area contributed by atoms with Crippen molar-refractivity contribution in [2.75, 3.05) is 0 Å². The zero-order chi connectivity index (χ0) is 15.8. The van der Waals surface area contributed by atoms with Crippen molar-refractivity contribution in [2.45, 2.75) is 0 Å². The lowest BCUT2D eigenvalue weighted by Crippen LogP contribution is -3.00. The highest BCUT2D eigenvalue weighted by Crippen LogP contribution is 2.38. The van der Waals surface area contributed by atoms with Gasteiger partial charge in [0.1, 0.15) is 0 Å². The molecule has 0 radical (unpaired) electrons. The zero-order valence-electron chi connectivity index (χ0n) is 12.2. The quantitative estimate of drug-likeness (QED) is 0.777. The van der Waals surface area contributed by atoms with Gasteiger partial charge in [0.2, 0.25) is 0 Å². The van der Waals surface area contributed by atoms with E-state index in [1.54, 1.807) is 11.8 Å². The molecule has 0 fully saturated rings. The Kier molecular flexibility index (Phi) is 5.25. The van der Waals surface area contributed by atoms with Gasteiger partial charge in [-0.2, -0.15) is 0 Å². The first-order chi connectivity index (χ1) is 11.2. The molecule has 2 aliphatic rings. The second kappa shape index (κ2) is 7.23. The van der Waals surface area contributed by atoms with Gasteiger partial charge in [0.15, 0.2) is 5.17 Å². The number of rotatable bonds is 2. The van der Waals surface area contributed by atoms with Gasteiger partial charge < -0.3 is 17.0 Å². The molecule has 0 spiro atoms. The monoisotopic (exact) mass is 438 g/mol. The van der Waals surface area contributed by atoms with E-state index in [4.69, 9.17) is 23.2 Å². The average molecular weight is 440 g/mol. The third kappa shape index (κ3) is 3.09. The Balaban J connectivity index is 0.00000169. The summed E-state index contributed by atoms with van der Waals surface area (Å²) in [6.07, 6.45) is 1.98. The molecular weight excluding hydrogens is 429 g/mol. The molecule has 0 saturated carbocycles. The molecule has 2 aliphatic heterocycles. The number of nitrogens with one attached hydrogen (secondary N) is 1. The highest BCUT2D eigenvalue weighted by molar-refractivity contribution is 8.16. The summed E-state index contributed by atoms with van der Waals surface area (Å²) in [5.74, 6) is 0. The summed E-state index contributed by atoms with van der Waals surface area (Å²) in [5.41, 5.74) is 6.78. The Morgan fingerprint density at radius 1 is 0.958 bits per heavy atom. The van der Waals surface area contributed by atoms with Gasteiger partial charge in [-0.15, -0.1) is 5.10 Å². The largest absolute Gasteiger partial charge is 1.00 e. The predicted molar refractivity (Wildman–Crippen MR) is 98.9 cm³/mol. The summed E-state index contributed by atoms with van der Waals surface area (Å²) < 4.78 is 0. The maximum Gasteiger partial charge on any atom is 0.196 e. The minimum atomic E-state index is 0. The number of hydrazone groups is 1. The van der Waals surface area contributed by atoms with Crippen LogP contribution < -0.4 is 22.4 Å². The van der Waals surface area contributed by atoms with E-state index >= 15 is 0 Å². The van der Waals surface area contributed by atoms with Crippen molar-refractivity contribution in [2.24, 2.45) is 5.10 Å². The van der Waals surface area contributed by atoms with E-state index in [9.17, 15) is 0 Å². The molecule has 0 aromatic heterocycles. The molecule has 122 valence electrons. The van der Waals surface area contributed by atoms with Crippen molar-refractivity contribution >= 4 is 51.5 Å². The van der Waals surface area contributed by atoms with Crippen LogP contribution in [0.25, 0.3) is 11.4 Å². The molecular formula is C17H11BrCl2N3S-. The Labute approximate surface area is 164 Å². The molecule has 0 unspecified atom stereocenters. The van der Waals surface area contributed by atoms with Gasteiger partial charge in [0.05, 0.1) is 21.4 Å². The molecule has 2 aromatic carbocycles. The Morgan fingerprint density at radius 2 is 1.67 bits per heavy atom. The van der Waals surface area contributed by atoms with Crippen molar-refractivity contribution in [3.63, 3.8) is 0 Å². The molecule has 7 heteroatoms. The van der Waals surface area contributed by atoms with Crippen LogP contribution in [0.2, 0.25) is 10.0 Å². The number of benzene rings is 2. The predicted octanol–water partition coefficient (Wildman–Crippen LogP) is 2.22. The smallest absolute Gasteiger partial charge is 0.196 e. The van der Waals surface area contributed by atoms with Crippen LogP contribution >= 0.6 is 35.0 Å². The summed E-state index contributed by atoms with van der Waals surface area (Å²) in [6.45, 7) is 0. The Bertz CT molecular complexity index is 845. The molecule has 24 heavy (non-hydrogen) atoms. The van der Waals surface area contributed by atoms with Gasteiger partial charge in [-0.05, 0) is 17.7 Å². The maximum absolute atomic E-state index is 6.31. The van der Waals surface area contributed by atoms with Crippen molar-refractivity contribution < 1.29 is 17.0 Å². The van der Waals surface area contributed by atoms with Crippen LogP contribution in [0.1, 0.15) is 11.1 Å². The molecule has 0 aliphatic carbocycles. The third-order valence-corrected chi connectivity index (χ3v) is 5.04. The first-order valence-electron chi connectivity index (χ1n) is 6.95. The average Bonchev–Trinajstić information content (AvgIpc) is 2.99. The van der Waals surface area contributed by atoms with E-state index < -0.39 is 0 Å². The van der Waals surface area contributed by atoms with Crippen molar-refractivity contribution in [3.05, 3.63) is 81.3 Å². The second-order valence-electron chi connectivity index (χ2n) is 5.00. The van der Waals surface area contributed by atoms with Gasteiger partial charge in [0.25, 0.3) is 0 Å². The van der Waals surface area contributed by atoms with Crippen molar-refractivity contribution in [1.82, 2.24) is 10.3 Å². The van der Waals surface area contributed by atoms with E-state index in [1.165, 1.54) is 0 Å². The first kappa shape index (κ1) is 17.4. The SMILES string of the molecule is Clc1cccc(Cl)c1C1=CN2C(c3ccccc3)=CSC2=NN1.[Br-]. The minimum absolute atomic E-state index is 0. The molecule has 0 amide bonds. The number of amidine groups is 1. The summed E-state index contributed by atoms with van der Waals surface area (Å²) in [7, 11) is 0. The third-order valence-electron chi connectivity index (χ3n) is 3.57. The number of hydrogen-bond donors (Lipinski definition) is 1. The second-order valence-corrected chi connectivity index (χ2v) is 6.65. The number of fused-ring (bicyclic) bond motifs is 1. The topological polar surface area (TPSA) is 27.6 Å². The minimum Gasteiger partial charge on any atom is -1.00 e. The maximum atomic E-state index is 6.31. The molecule has 4 rings (SSSR count). The lowest BCUT2D eigenvalue weighted by molar-refractivity contribution is -0.00000424. The van der Waals surface area contributed by atoms with Crippen LogP contribution in [-0.2, 0) is 0 Å².